The Morgan fingerprint density at radius 3 is 2.79 bits per heavy atom. The van der Waals surface area contributed by atoms with E-state index < -0.39 is 6.09 Å². The predicted molar refractivity (Wildman–Crippen MR) is 71.6 cm³/mol. The summed E-state index contributed by atoms with van der Waals surface area (Å²) < 4.78 is 5.07. The molecule has 0 unspecified atom stereocenters. The van der Waals surface area contributed by atoms with Gasteiger partial charge in [-0.15, -0.1) is 0 Å². The lowest BCUT2D eigenvalue weighted by Gasteiger charge is -2.12. The lowest BCUT2D eigenvalue weighted by Crippen LogP contribution is -2.29. The standard InChI is InChI=1S/C15H17NO3/c17-14-9-5-4-8-13(14)10-16-15(18)19-11-12-6-2-1-3-7-12/h1-3,6-8H,4-5,9-11H2,(H,16,18). The maximum absolute atomic E-state index is 11.5. The highest BCUT2D eigenvalue weighted by Crippen LogP contribution is 2.13. The average molecular weight is 259 g/mol. The molecule has 0 bridgehead atoms. The number of alkyl carbamates (subject to hydrolysis) is 1. The van der Waals surface area contributed by atoms with Gasteiger partial charge in [-0.05, 0) is 18.4 Å². The van der Waals surface area contributed by atoms with Gasteiger partial charge in [-0.2, -0.15) is 0 Å². The number of hydrogen-bond donors (Lipinski definition) is 1. The first-order chi connectivity index (χ1) is 9.25. The second-order valence-corrected chi connectivity index (χ2v) is 4.46. The molecule has 1 aromatic rings. The monoisotopic (exact) mass is 259 g/mol. The summed E-state index contributed by atoms with van der Waals surface area (Å²) in [5, 5.41) is 2.60. The van der Waals surface area contributed by atoms with E-state index in [1.54, 1.807) is 0 Å². The largest absolute Gasteiger partial charge is 0.445 e. The number of rotatable bonds is 4. The van der Waals surface area contributed by atoms with Crippen molar-refractivity contribution in [3.63, 3.8) is 0 Å². The number of amides is 1. The molecule has 0 aliphatic heterocycles. The third-order valence-corrected chi connectivity index (χ3v) is 2.99. The average Bonchev–Trinajstić information content (AvgIpc) is 2.45. The summed E-state index contributed by atoms with van der Waals surface area (Å²) in [6, 6.07) is 9.47. The van der Waals surface area contributed by atoms with Gasteiger partial charge < -0.3 is 10.1 Å². The van der Waals surface area contributed by atoms with Crippen LogP contribution in [0.4, 0.5) is 4.79 Å². The van der Waals surface area contributed by atoms with Gasteiger partial charge in [0.05, 0.1) is 0 Å². The molecule has 1 aliphatic rings. The predicted octanol–water partition coefficient (Wildman–Crippen LogP) is 2.59. The normalized spacial score (nSPS) is 14.7. The fourth-order valence-corrected chi connectivity index (χ4v) is 1.93. The van der Waals surface area contributed by atoms with Crippen LogP contribution in [0.2, 0.25) is 0 Å². The van der Waals surface area contributed by atoms with Crippen molar-refractivity contribution in [3.8, 4) is 0 Å². The van der Waals surface area contributed by atoms with Crippen LogP contribution in [-0.4, -0.2) is 18.4 Å². The molecule has 19 heavy (non-hydrogen) atoms. The first-order valence-corrected chi connectivity index (χ1v) is 6.42. The van der Waals surface area contributed by atoms with Gasteiger partial charge in [-0.25, -0.2) is 4.79 Å². The van der Waals surface area contributed by atoms with Crippen LogP contribution in [0.3, 0.4) is 0 Å². The zero-order valence-electron chi connectivity index (χ0n) is 10.7. The molecule has 0 saturated heterocycles. The highest BCUT2D eigenvalue weighted by molar-refractivity contribution is 5.96. The molecule has 1 aromatic carbocycles. The maximum Gasteiger partial charge on any atom is 0.407 e. The summed E-state index contributed by atoms with van der Waals surface area (Å²) >= 11 is 0. The van der Waals surface area contributed by atoms with Crippen molar-refractivity contribution in [2.24, 2.45) is 0 Å². The van der Waals surface area contributed by atoms with Crippen LogP contribution < -0.4 is 5.32 Å². The molecular weight excluding hydrogens is 242 g/mol. The van der Waals surface area contributed by atoms with Crippen LogP contribution >= 0.6 is 0 Å². The Morgan fingerprint density at radius 1 is 1.26 bits per heavy atom. The number of allylic oxidation sites excluding steroid dienone is 1. The first kappa shape index (κ1) is 13.3. The van der Waals surface area contributed by atoms with Crippen LogP contribution in [-0.2, 0) is 16.1 Å². The number of ether oxygens (including phenoxy) is 1. The maximum atomic E-state index is 11.5. The number of nitrogens with one attached hydrogen (secondary N) is 1. The van der Waals surface area contributed by atoms with Crippen molar-refractivity contribution in [2.75, 3.05) is 6.54 Å². The number of ketones is 1. The van der Waals surface area contributed by atoms with Gasteiger partial charge in [0, 0.05) is 18.5 Å². The number of Topliss-reactive ketones (excluding diaryl/α,β-unsaturated/α-hetero) is 1. The Kier molecular flexibility index (Phi) is 4.72. The SMILES string of the molecule is O=C(NCC1=CCCCC1=O)OCc1ccccc1. The number of benzene rings is 1. The molecular formula is C15H17NO3. The van der Waals surface area contributed by atoms with E-state index in [1.807, 2.05) is 36.4 Å². The van der Waals surface area contributed by atoms with Crippen molar-refractivity contribution in [2.45, 2.75) is 25.9 Å². The Balaban J connectivity index is 1.73. The molecule has 0 spiro atoms. The molecule has 1 amide bonds. The van der Waals surface area contributed by atoms with Crippen LogP contribution in [0.15, 0.2) is 42.0 Å². The smallest absolute Gasteiger partial charge is 0.407 e. The fraction of sp³-hybridized carbons (Fsp3) is 0.333. The topological polar surface area (TPSA) is 55.4 Å². The van der Waals surface area contributed by atoms with E-state index >= 15 is 0 Å². The van der Waals surface area contributed by atoms with Gasteiger partial charge in [-0.3, -0.25) is 4.79 Å². The molecule has 4 heteroatoms. The molecule has 1 aliphatic carbocycles. The molecule has 2 rings (SSSR count). The van der Waals surface area contributed by atoms with Gasteiger partial charge in [0.15, 0.2) is 5.78 Å². The van der Waals surface area contributed by atoms with Crippen molar-refractivity contribution in [1.29, 1.82) is 0 Å². The van der Waals surface area contributed by atoms with E-state index in [4.69, 9.17) is 4.74 Å². The second kappa shape index (κ2) is 6.73. The molecule has 100 valence electrons. The molecule has 0 atom stereocenters. The third kappa shape index (κ3) is 4.25. The summed E-state index contributed by atoms with van der Waals surface area (Å²) in [4.78, 5) is 23.0. The minimum absolute atomic E-state index is 0.120. The van der Waals surface area contributed by atoms with Gasteiger partial charge >= 0.3 is 6.09 Å². The number of hydrogen-bond acceptors (Lipinski definition) is 3. The zero-order valence-corrected chi connectivity index (χ0v) is 10.7. The Hall–Kier alpha value is -2.10. The van der Waals surface area contributed by atoms with Crippen LogP contribution in [0.1, 0.15) is 24.8 Å². The van der Waals surface area contributed by atoms with Gasteiger partial charge in [-0.1, -0.05) is 36.4 Å². The van der Waals surface area contributed by atoms with Crippen LogP contribution in [0.25, 0.3) is 0 Å². The van der Waals surface area contributed by atoms with Crippen molar-refractivity contribution in [1.82, 2.24) is 5.32 Å². The molecule has 0 saturated carbocycles. The third-order valence-electron chi connectivity index (χ3n) is 2.99. The molecule has 1 N–H and O–H groups in total. The van der Waals surface area contributed by atoms with Crippen molar-refractivity contribution < 1.29 is 14.3 Å². The highest BCUT2D eigenvalue weighted by Gasteiger charge is 2.14. The number of carbonyl (C=O) groups excluding carboxylic acids is 2. The van der Waals surface area contributed by atoms with E-state index in [0.29, 0.717) is 12.0 Å². The van der Waals surface area contributed by atoms with Crippen molar-refractivity contribution >= 4 is 11.9 Å². The Bertz CT molecular complexity index is 479. The highest BCUT2D eigenvalue weighted by atomic mass is 16.5. The fourth-order valence-electron chi connectivity index (χ4n) is 1.93. The lowest BCUT2D eigenvalue weighted by molar-refractivity contribution is -0.116. The molecule has 4 nitrogen and oxygen atoms in total. The van der Waals surface area contributed by atoms with E-state index in [1.165, 1.54) is 0 Å². The molecule has 0 heterocycles. The van der Waals surface area contributed by atoms with E-state index in [-0.39, 0.29) is 18.9 Å². The molecule has 0 aromatic heterocycles. The van der Waals surface area contributed by atoms with Gasteiger partial charge in [0.25, 0.3) is 0 Å². The summed E-state index contributed by atoms with van der Waals surface area (Å²) in [5.41, 5.74) is 1.62. The van der Waals surface area contributed by atoms with Crippen LogP contribution in [0, 0.1) is 0 Å². The summed E-state index contributed by atoms with van der Waals surface area (Å²) in [6.45, 7) is 0.492. The van der Waals surface area contributed by atoms with E-state index in [0.717, 1.165) is 18.4 Å². The van der Waals surface area contributed by atoms with Crippen molar-refractivity contribution in [3.05, 3.63) is 47.5 Å². The first-order valence-electron chi connectivity index (χ1n) is 6.42. The zero-order chi connectivity index (χ0) is 13.5. The Labute approximate surface area is 112 Å². The van der Waals surface area contributed by atoms with Crippen LogP contribution in [0.5, 0.6) is 0 Å². The Morgan fingerprint density at radius 2 is 2.05 bits per heavy atom. The number of carbonyl (C=O) groups is 2. The summed E-state index contributed by atoms with van der Waals surface area (Å²) in [5.74, 6) is 0.120. The van der Waals surface area contributed by atoms with Gasteiger partial charge in [0.2, 0.25) is 0 Å². The quantitative estimate of drug-likeness (QED) is 0.904. The summed E-state index contributed by atoms with van der Waals surface area (Å²) in [7, 11) is 0. The minimum Gasteiger partial charge on any atom is -0.445 e. The minimum atomic E-state index is -0.497. The summed E-state index contributed by atoms with van der Waals surface area (Å²) in [6.07, 6.45) is 3.78. The van der Waals surface area contributed by atoms with E-state index in [9.17, 15) is 9.59 Å². The second-order valence-electron chi connectivity index (χ2n) is 4.46. The van der Waals surface area contributed by atoms with E-state index in [2.05, 4.69) is 5.32 Å². The molecule has 0 radical (unpaired) electrons. The molecule has 0 fully saturated rings. The van der Waals surface area contributed by atoms with Gasteiger partial charge in [0.1, 0.15) is 6.61 Å². The lowest BCUT2D eigenvalue weighted by atomic mass is 9.98.